The van der Waals surface area contributed by atoms with E-state index in [0.717, 1.165) is 17.9 Å². The minimum atomic E-state index is -1.18. The van der Waals surface area contributed by atoms with Crippen LogP contribution < -0.4 is 16.3 Å². The molecule has 0 radical (unpaired) electrons. The van der Waals surface area contributed by atoms with E-state index in [0.29, 0.717) is 23.8 Å². The molecule has 11 heteroatoms. The minimum Gasteiger partial charge on any atom is -0.480 e. The smallest absolute Gasteiger partial charge is 0.411 e. The van der Waals surface area contributed by atoms with Gasteiger partial charge in [-0.25, -0.2) is 15.1 Å². The number of aliphatic carboxylic acids is 1. The number of benzene rings is 2. The molecule has 0 aromatic heterocycles. The van der Waals surface area contributed by atoms with Gasteiger partial charge >= 0.3 is 12.1 Å². The summed E-state index contributed by atoms with van der Waals surface area (Å²) in [4.78, 5) is 59.1. The Bertz CT molecular complexity index is 1450. The molecule has 51 heavy (non-hydrogen) atoms. The van der Waals surface area contributed by atoms with Crippen molar-refractivity contribution in [2.45, 2.75) is 125 Å². The highest BCUT2D eigenvalue weighted by Crippen LogP contribution is 2.34. The molecule has 1 aliphatic carbocycles. The van der Waals surface area contributed by atoms with Crippen LogP contribution in [0.25, 0.3) is 0 Å². The Morgan fingerprint density at radius 1 is 0.863 bits per heavy atom. The number of nitrogens with one attached hydrogen (secondary N) is 3. The van der Waals surface area contributed by atoms with Crippen molar-refractivity contribution in [1.82, 2.24) is 15.8 Å². The summed E-state index contributed by atoms with van der Waals surface area (Å²) >= 11 is 0. The highest BCUT2D eigenvalue weighted by Gasteiger charge is 2.39. The molecule has 1 saturated carbocycles. The van der Waals surface area contributed by atoms with Gasteiger partial charge in [-0.05, 0) is 68.7 Å². The molecule has 3 amide bonds. The average Bonchev–Trinajstić information content (AvgIpc) is 3.26. The molecule has 0 aliphatic heterocycles. The lowest BCUT2D eigenvalue weighted by Gasteiger charge is -2.33. The predicted molar refractivity (Wildman–Crippen MR) is 198 cm³/mol. The fourth-order valence-electron chi connectivity index (χ4n) is 6.63. The number of hydrazine groups is 1. The molecule has 1 aliphatic rings. The topological polar surface area (TPSA) is 146 Å². The van der Waals surface area contributed by atoms with Crippen molar-refractivity contribution >= 4 is 29.6 Å². The number of carbonyl (C=O) groups is 4. The molecule has 0 saturated heterocycles. The number of amides is 3. The second-order valence-corrected chi connectivity index (χ2v) is 16.4. The molecular formula is C40H60N4O7. The average molecular weight is 709 g/mol. The molecule has 2 aromatic rings. The number of rotatable bonds is 16. The molecule has 2 aromatic carbocycles. The lowest BCUT2D eigenvalue weighted by molar-refractivity contribution is -0.146. The highest BCUT2D eigenvalue weighted by atomic mass is 16.6. The Morgan fingerprint density at radius 3 is 2.20 bits per heavy atom. The fraction of sp³-hybridized carbons (Fsp3) is 0.600. The number of carbonyl (C=O) groups excluding carboxylic acids is 3. The first kappa shape index (κ1) is 41.3. The zero-order valence-corrected chi connectivity index (χ0v) is 31.8. The van der Waals surface area contributed by atoms with Gasteiger partial charge in [-0.15, -0.1) is 0 Å². The molecule has 1 fully saturated rings. The van der Waals surface area contributed by atoms with Crippen LogP contribution in [0.3, 0.4) is 0 Å². The van der Waals surface area contributed by atoms with Crippen LogP contribution in [0.2, 0.25) is 0 Å². The summed E-state index contributed by atoms with van der Waals surface area (Å²) < 4.78 is 5.62. The van der Waals surface area contributed by atoms with E-state index in [1.165, 1.54) is 37.0 Å². The number of ether oxygens (including phenoxy) is 1. The van der Waals surface area contributed by atoms with E-state index in [1.807, 2.05) is 30.3 Å². The summed E-state index contributed by atoms with van der Waals surface area (Å²) in [6.07, 6.45) is 6.72. The standard InChI is InChI=1S/C40H60N4O7/c1-28-14-12-17-29(21-20-28)22-23-50-43-36(48)40(7,8)27-39(5,6)35(47)42-41-32-19-13-18-31(24-32)26-44(37(49)51-38(2,3)4)33(34(45)46)25-30-15-10-9-11-16-30/h9-11,13,15-16,18-19,24,28-29,33,41H,12,14,17,20-23,25-27H2,1-8H3,(H,42,47)(H,43,48)(H,45,46)/t28-,29?,33-/m0/s1. The van der Waals surface area contributed by atoms with E-state index < -0.39 is 34.5 Å². The van der Waals surface area contributed by atoms with Crippen LogP contribution in [0, 0.1) is 22.7 Å². The van der Waals surface area contributed by atoms with Crippen LogP contribution in [0.15, 0.2) is 54.6 Å². The first-order chi connectivity index (χ1) is 23.9. The van der Waals surface area contributed by atoms with Gasteiger partial charge in [0.2, 0.25) is 11.8 Å². The first-order valence-corrected chi connectivity index (χ1v) is 18.2. The molecular weight excluding hydrogens is 648 g/mol. The zero-order chi connectivity index (χ0) is 37.8. The maximum atomic E-state index is 13.4. The van der Waals surface area contributed by atoms with Crippen molar-refractivity contribution < 1.29 is 33.9 Å². The van der Waals surface area contributed by atoms with Gasteiger partial charge in [-0.3, -0.25) is 30.2 Å². The number of hydroxylamine groups is 1. The summed E-state index contributed by atoms with van der Waals surface area (Å²) in [5.41, 5.74) is 7.60. The maximum absolute atomic E-state index is 13.4. The van der Waals surface area contributed by atoms with Gasteiger partial charge < -0.3 is 9.84 Å². The summed E-state index contributed by atoms with van der Waals surface area (Å²) in [6, 6.07) is 14.9. The quantitative estimate of drug-likeness (QED) is 0.0790. The maximum Gasteiger partial charge on any atom is 0.411 e. The van der Waals surface area contributed by atoms with Gasteiger partial charge in [0.1, 0.15) is 11.6 Å². The van der Waals surface area contributed by atoms with Gasteiger partial charge in [0, 0.05) is 17.3 Å². The van der Waals surface area contributed by atoms with E-state index in [2.05, 4.69) is 23.3 Å². The summed E-state index contributed by atoms with van der Waals surface area (Å²) in [7, 11) is 0. The Labute approximate surface area is 304 Å². The minimum absolute atomic E-state index is 0.0428. The molecule has 4 N–H and O–H groups in total. The van der Waals surface area contributed by atoms with Crippen LogP contribution in [-0.4, -0.2) is 52.1 Å². The summed E-state index contributed by atoms with van der Waals surface area (Å²) in [5.74, 6) is -0.341. The fourth-order valence-corrected chi connectivity index (χ4v) is 6.63. The van der Waals surface area contributed by atoms with Crippen molar-refractivity contribution in [3.05, 3.63) is 65.7 Å². The van der Waals surface area contributed by atoms with Crippen molar-refractivity contribution in [1.29, 1.82) is 0 Å². The summed E-state index contributed by atoms with van der Waals surface area (Å²) in [5, 5.41) is 10.2. The van der Waals surface area contributed by atoms with Crippen LogP contribution in [0.5, 0.6) is 0 Å². The molecule has 0 spiro atoms. The zero-order valence-electron chi connectivity index (χ0n) is 31.8. The van der Waals surface area contributed by atoms with E-state index in [1.54, 1.807) is 72.7 Å². The van der Waals surface area contributed by atoms with E-state index >= 15 is 0 Å². The van der Waals surface area contributed by atoms with Gasteiger partial charge in [0.05, 0.1) is 18.8 Å². The second kappa shape index (κ2) is 18.4. The molecule has 0 heterocycles. The lowest BCUT2D eigenvalue weighted by Crippen LogP contribution is -2.48. The van der Waals surface area contributed by atoms with Crippen LogP contribution >= 0.6 is 0 Å². The van der Waals surface area contributed by atoms with Crippen molar-refractivity contribution in [2.75, 3.05) is 12.0 Å². The molecule has 0 bridgehead atoms. The third kappa shape index (κ3) is 13.8. The SMILES string of the molecule is C[C@H]1CCCC(CCONC(=O)C(C)(C)CC(C)(C)C(=O)NNc2cccc(CN(C(=O)OC(C)(C)C)[C@@H](Cc3ccccc3)C(=O)O)c2)CC1. The third-order valence-corrected chi connectivity index (χ3v) is 9.44. The van der Waals surface area contributed by atoms with E-state index in [4.69, 9.17) is 9.57 Å². The van der Waals surface area contributed by atoms with Gasteiger partial charge in [-0.2, -0.15) is 0 Å². The van der Waals surface area contributed by atoms with Crippen molar-refractivity contribution in [3.8, 4) is 0 Å². The Hall–Kier alpha value is -4.12. The van der Waals surface area contributed by atoms with Crippen molar-refractivity contribution in [3.63, 3.8) is 0 Å². The van der Waals surface area contributed by atoms with Gasteiger partial charge in [0.15, 0.2) is 0 Å². The Balaban J connectivity index is 1.60. The van der Waals surface area contributed by atoms with Crippen molar-refractivity contribution in [2.24, 2.45) is 22.7 Å². The van der Waals surface area contributed by atoms with Crippen LogP contribution in [0.4, 0.5) is 10.5 Å². The first-order valence-electron chi connectivity index (χ1n) is 18.2. The van der Waals surface area contributed by atoms with Crippen LogP contribution in [-0.2, 0) is 36.9 Å². The van der Waals surface area contributed by atoms with Gasteiger partial charge in [-0.1, -0.05) is 109 Å². The predicted octanol–water partition coefficient (Wildman–Crippen LogP) is 7.66. The normalized spacial score (nSPS) is 17.4. The van der Waals surface area contributed by atoms with E-state index in [-0.39, 0.29) is 31.2 Å². The number of hydrogen-bond donors (Lipinski definition) is 4. The molecule has 3 atom stereocenters. The number of carboxylic acid groups (broad SMARTS) is 1. The lowest BCUT2D eigenvalue weighted by atomic mass is 9.74. The molecule has 282 valence electrons. The monoisotopic (exact) mass is 708 g/mol. The third-order valence-electron chi connectivity index (χ3n) is 9.44. The Kier molecular flexibility index (Phi) is 14.9. The second-order valence-electron chi connectivity index (χ2n) is 16.4. The molecule has 11 nitrogen and oxygen atoms in total. The largest absolute Gasteiger partial charge is 0.480 e. The molecule has 1 unspecified atom stereocenters. The number of nitrogens with zero attached hydrogens (tertiary/aromatic N) is 1. The van der Waals surface area contributed by atoms with Crippen LogP contribution in [0.1, 0.15) is 111 Å². The number of hydrogen-bond acceptors (Lipinski definition) is 7. The van der Waals surface area contributed by atoms with Gasteiger partial charge in [0.25, 0.3) is 0 Å². The number of carboxylic acids is 1. The van der Waals surface area contributed by atoms with E-state index in [9.17, 15) is 24.3 Å². The highest BCUT2D eigenvalue weighted by molar-refractivity contribution is 5.86. The summed E-state index contributed by atoms with van der Waals surface area (Å²) in [6.45, 7) is 15.1. The molecule has 3 rings (SSSR count). The Morgan fingerprint density at radius 2 is 1.53 bits per heavy atom. The number of anilines is 1.